The van der Waals surface area contributed by atoms with Crippen LogP contribution < -0.4 is 5.73 Å². The zero-order valence-electron chi connectivity index (χ0n) is 12.0. The van der Waals surface area contributed by atoms with Crippen LogP contribution in [0, 0.1) is 6.92 Å². The summed E-state index contributed by atoms with van der Waals surface area (Å²) in [6.07, 6.45) is 0. The van der Waals surface area contributed by atoms with E-state index in [1.165, 1.54) is 24.3 Å². The number of quaternary nitrogens is 1. The molecule has 0 aliphatic rings. The molecule has 118 valence electrons. The number of carbonyl (C=O) groups is 1. The molecule has 0 radical (unpaired) electrons. The highest BCUT2D eigenvalue weighted by molar-refractivity contribution is 7.85. The molecule has 0 amide bonds. The molecule has 0 atom stereocenters. The molecule has 0 aromatic heterocycles. The lowest BCUT2D eigenvalue weighted by Gasteiger charge is -2.05. The number of aromatic hydroxyl groups is 1. The Hall–Kier alpha value is -2.22. The maximum absolute atomic E-state index is 11.0. The van der Waals surface area contributed by atoms with Gasteiger partial charge in [0.15, 0.2) is 0 Å². The van der Waals surface area contributed by atoms with Gasteiger partial charge in [-0.1, -0.05) is 17.7 Å². The lowest BCUT2D eigenvalue weighted by atomic mass is 10.1. The van der Waals surface area contributed by atoms with Crippen molar-refractivity contribution in [3.8, 4) is 5.75 Å². The number of aryl methyl sites for hydroxylation is 1. The van der Waals surface area contributed by atoms with Crippen molar-refractivity contribution in [1.29, 1.82) is 0 Å². The number of benzene rings is 2. The topological polar surface area (TPSA) is 122 Å². The summed E-state index contributed by atoms with van der Waals surface area (Å²) in [5.41, 5.74) is 5.00. The molecule has 0 spiro atoms. The number of Topliss-reactive ketones (excluding diaryl/α,β-unsaturated/α-hetero) is 1. The summed E-state index contributed by atoms with van der Waals surface area (Å²) in [5, 5.41) is 8.88. The van der Waals surface area contributed by atoms with Gasteiger partial charge in [0.1, 0.15) is 22.4 Å². The van der Waals surface area contributed by atoms with Crippen molar-refractivity contribution < 1.29 is 28.6 Å². The van der Waals surface area contributed by atoms with E-state index in [9.17, 15) is 17.8 Å². The molecule has 0 aliphatic carbocycles. The van der Waals surface area contributed by atoms with E-state index in [-0.39, 0.29) is 23.0 Å². The van der Waals surface area contributed by atoms with Gasteiger partial charge < -0.3 is 15.4 Å². The minimum absolute atomic E-state index is 0.00926. The molecule has 2 aromatic rings. The number of hydrogen-bond donors (Lipinski definition) is 2. The molecule has 4 N–H and O–H groups in total. The molecule has 0 unspecified atom stereocenters. The smallest absolute Gasteiger partial charge is 0.216 e. The summed E-state index contributed by atoms with van der Waals surface area (Å²) in [6, 6.07) is 11.9. The van der Waals surface area contributed by atoms with Crippen LogP contribution in [-0.4, -0.2) is 30.4 Å². The largest absolute Gasteiger partial charge is 0.744 e. The standard InChI is InChI=1S/C8H9NO2.C7H8O3S/c9-5-8(11)6-1-3-7(10)4-2-6;1-6-2-4-7(5-3-6)11(8,9)10/h1-4,10H,5,9H2;2-5H,1H3,(H,8,9,10). The first kappa shape index (κ1) is 17.8. The predicted octanol–water partition coefficient (Wildman–Crippen LogP) is 0.716. The van der Waals surface area contributed by atoms with Crippen molar-refractivity contribution in [3.63, 3.8) is 0 Å². The first-order valence-electron chi connectivity index (χ1n) is 6.38. The van der Waals surface area contributed by atoms with Gasteiger partial charge in [0.2, 0.25) is 5.78 Å². The Labute approximate surface area is 129 Å². The highest BCUT2D eigenvalue weighted by Gasteiger charge is 2.03. The van der Waals surface area contributed by atoms with Gasteiger partial charge in [-0.25, -0.2) is 8.42 Å². The Bertz CT molecular complexity index is 722. The first-order valence-corrected chi connectivity index (χ1v) is 7.79. The Morgan fingerprint density at radius 1 is 1.09 bits per heavy atom. The molecule has 22 heavy (non-hydrogen) atoms. The van der Waals surface area contributed by atoms with Crippen molar-refractivity contribution in [2.24, 2.45) is 0 Å². The second-order valence-electron chi connectivity index (χ2n) is 4.49. The van der Waals surface area contributed by atoms with E-state index in [0.29, 0.717) is 5.56 Å². The summed E-state index contributed by atoms with van der Waals surface area (Å²) in [6.45, 7) is 2.08. The molecule has 0 saturated carbocycles. The molecule has 2 aromatic carbocycles. The fourth-order valence-electron chi connectivity index (χ4n) is 1.50. The van der Waals surface area contributed by atoms with E-state index in [2.05, 4.69) is 5.73 Å². The SMILES string of the molecule is Cc1ccc(S(=O)(=O)[O-])cc1.[NH3+]CC(=O)c1ccc(O)cc1. The van der Waals surface area contributed by atoms with Gasteiger partial charge in [-0.05, 0) is 43.3 Å². The van der Waals surface area contributed by atoms with Crippen molar-refractivity contribution in [3.05, 3.63) is 59.7 Å². The monoisotopic (exact) mass is 323 g/mol. The summed E-state index contributed by atoms with van der Waals surface area (Å²) >= 11 is 0. The predicted molar refractivity (Wildman–Crippen MR) is 79.3 cm³/mol. The zero-order valence-corrected chi connectivity index (χ0v) is 12.8. The highest BCUT2D eigenvalue weighted by Crippen LogP contribution is 2.09. The minimum atomic E-state index is -4.27. The molecule has 0 bridgehead atoms. The van der Waals surface area contributed by atoms with E-state index >= 15 is 0 Å². The molecule has 0 fully saturated rings. The van der Waals surface area contributed by atoms with Gasteiger partial charge in [0, 0.05) is 5.56 Å². The van der Waals surface area contributed by atoms with Crippen molar-refractivity contribution in [2.45, 2.75) is 11.8 Å². The van der Waals surface area contributed by atoms with Gasteiger partial charge in [-0.15, -0.1) is 0 Å². The van der Waals surface area contributed by atoms with Crippen LogP contribution in [0.1, 0.15) is 15.9 Å². The average Bonchev–Trinajstić information content (AvgIpc) is 2.47. The van der Waals surface area contributed by atoms with Gasteiger partial charge in [0.25, 0.3) is 0 Å². The van der Waals surface area contributed by atoms with E-state index in [1.54, 1.807) is 24.3 Å². The van der Waals surface area contributed by atoms with Crippen LogP contribution in [0.4, 0.5) is 0 Å². The van der Waals surface area contributed by atoms with E-state index in [4.69, 9.17) is 5.11 Å². The number of hydrogen-bond acceptors (Lipinski definition) is 5. The van der Waals surface area contributed by atoms with Crippen molar-refractivity contribution in [2.75, 3.05) is 6.54 Å². The second-order valence-corrected chi connectivity index (χ2v) is 5.87. The van der Waals surface area contributed by atoms with Crippen LogP contribution in [0.3, 0.4) is 0 Å². The van der Waals surface area contributed by atoms with Gasteiger partial charge in [-0.3, -0.25) is 4.79 Å². The van der Waals surface area contributed by atoms with Crippen LogP contribution in [0.25, 0.3) is 0 Å². The Morgan fingerprint density at radius 3 is 2.00 bits per heavy atom. The van der Waals surface area contributed by atoms with Gasteiger partial charge in [-0.2, -0.15) is 0 Å². The number of carbonyl (C=O) groups excluding carboxylic acids is 1. The molecule has 2 rings (SSSR count). The number of phenolic OH excluding ortho intramolecular Hbond substituents is 1. The number of phenols is 1. The summed E-state index contributed by atoms with van der Waals surface area (Å²) in [7, 11) is -4.27. The zero-order chi connectivity index (χ0) is 16.8. The van der Waals surface area contributed by atoms with E-state index in [0.717, 1.165) is 5.56 Å². The van der Waals surface area contributed by atoms with E-state index in [1.807, 2.05) is 6.92 Å². The first-order chi connectivity index (χ1) is 10.2. The lowest BCUT2D eigenvalue weighted by molar-refractivity contribution is -0.349. The fourth-order valence-corrected chi connectivity index (χ4v) is 1.97. The van der Waals surface area contributed by atoms with Crippen LogP contribution in [-0.2, 0) is 10.1 Å². The lowest BCUT2D eigenvalue weighted by Crippen LogP contribution is -2.54. The normalized spacial score (nSPS) is 10.5. The van der Waals surface area contributed by atoms with Gasteiger partial charge >= 0.3 is 0 Å². The quantitative estimate of drug-likeness (QED) is 0.636. The number of ketones is 1. The van der Waals surface area contributed by atoms with Gasteiger partial charge in [0.05, 0.1) is 4.90 Å². The second kappa shape index (κ2) is 7.69. The summed E-state index contributed by atoms with van der Waals surface area (Å²) in [4.78, 5) is 10.8. The Morgan fingerprint density at radius 2 is 1.59 bits per heavy atom. The maximum atomic E-state index is 11.0. The molecule has 0 saturated heterocycles. The molecule has 6 nitrogen and oxygen atoms in total. The average molecular weight is 323 g/mol. The molecule has 0 heterocycles. The Balaban J connectivity index is 0.000000220. The van der Waals surface area contributed by atoms with Crippen LogP contribution >= 0.6 is 0 Å². The molecular formula is C15H17NO5S. The van der Waals surface area contributed by atoms with Crippen LogP contribution in [0.15, 0.2) is 53.4 Å². The summed E-state index contributed by atoms with van der Waals surface area (Å²) < 4.78 is 31.2. The molecular weight excluding hydrogens is 306 g/mol. The Kier molecular flexibility index (Phi) is 6.24. The maximum Gasteiger partial charge on any atom is 0.216 e. The third-order valence-electron chi connectivity index (χ3n) is 2.73. The van der Waals surface area contributed by atoms with Crippen LogP contribution in [0.2, 0.25) is 0 Å². The molecule has 0 aliphatic heterocycles. The third kappa shape index (κ3) is 5.65. The molecule has 7 heteroatoms. The third-order valence-corrected chi connectivity index (χ3v) is 3.58. The van der Waals surface area contributed by atoms with Crippen LogP contribution in [0.5, 0.6) is 5.75 Å². The highest BCUT2D eigenvalue weighted by atomic mass is 32.2. The fraction of sp³-hybridized carbons (Fsp3) is 0.133. The van der Waals surface area contributed by atoms with Crippen molar-refractivity contribution >= 4 is 15.9 Å². The number of rotatable bonds is 3. The van der Waals surface area contributed by atoms with Crippen molar-refractivity contribution in [1.82, 2.24) is 0 Å². The van der Waals surface area contributed by atoms with E-state index < -0.39 is 10.1 Å². The minimum Gasteiger partial charge on any atom is -0.744 e. The summed E-state index contributed by atoms with van der Waals surface area (Å²) in [5.74, 6) is 0.163.